The number of fused-ring (bicyclic) bond motifs is 2. The van der Waals surface area contributed by atoms with Gasteiger partial charge in [-0.2, -0.15) is 0 Å². The number of pyridine rings is 1. The second-order valence-electron chi connectivity index (χ2n) is 7.32. The van der Waals surface area contributed by atoms with E-state index in [1.54, 1.807) is 18.6 Å². The first-order valence-electron chi connectivity index (χ1n) is 9.64. The van der Waals surface area contributed by atoms with Gasteiger partial charge in [-0.15, -0.1) is 5.10 Å². The van der Waals surface area contributed by atoms with Gasteiger partial charge in [0.15, 0.2) is 11.4 Å². The number of hydrogen-bond acceptors (Lipinski definition) is 5. The molecule has 0 amide bonds. The Labute approximate surface area is 168 Å². The summed E-state index contributed by atoms with van der Waals surface area (Å²) in [5, 5.41) is 5.79. The second-order valence-corrected chi connectivity index (χ2v) is 7.32. The fraction of sp³-hybridized carbons (Fsp3) is 0.174. The fourth-order valence-electron chi connectivity index (χ4n) is 3.64. The van der Waals surface area contributed by atoms with Crippen molar-refractivity contribution in [3.05, 3.63) is 78.8 Å². The Morgan fingerprint density at radius 2 is 1.93 bits per heavy atom. The molecule has 1 unspecified atom stereocenters. The van der Waals surface area contributed by atoms with Crippen LogP contribution >= 0.6 is 0 Å². The number of benzene rings is 1. The zero-order valence-corrected chi connectivity index (χ0v) is 16.4. The lowest BCUT2D eigenvalue weighted by Crippen LogP contribution is -2.24. The first-order valence-corrected chi connectivity index (χ1v) is 9.64. The molecular formula is C23H21N5O. The first-order chi connectivity index (χ1) is 14.2. The van der Waals surface area contributed by atoms with E-state index in [1.165, 1.54) is 5.56 Å². The first kappa shape index (κ1) is 17.4. The average Bonchev–Trinajstić information content (AvgIpc) is 3.37. The molecule has 5 rings (SSSR count). The van der Waals surface area contributed by atoms with Crippen LogP contribution in [-0.2, 0) is 0 Å². The molecule has 0 fully saturated rings. The van der Waals surface area contributed by atoms with Crippen molar-refractivity contribution in [1.82, 2.24) is 19.6 Å². The Morgan fingerprint density at radius 1 is 1.07 bits per heavy atom. The van der Waals surface area contributed by atoms with E-state index in [1.807, 2.05) is 34.8 Å². The van der Waals surface area contributed by atoms with Gasteiger partial charge in [-0.1, -0.05) is 37.3 Å². The van der Waals surface area contributed by atoms with E-state index in [9.17, 15) is 0 Å². The van der Waals surface area contributed by atoms with Crippen LogP contribution < -0.4 is 4.90 Å². The largest absolute Gasteiger partial charge is 0.454 e. The second kappa shape index (κ2) is 7.05. The van der Waals surface area contributed by atoms with E-state index in [2.05, 4.69) is 53.1 Å². The van der Waals surface area contributed by atoms with Crippen molar-refractivity contribution in [2.75, 3.05) is 18.5 Å². The number of imidazole rings is 1. The van der Waals surface area contributed by atoms with E-state index in [4.69, 9.17) is 9.52 Å². The highest BCUT2D eigenvalue weighted by Crippen LogP contribution is 2.28. The van der Waals surface area contributed by atoms with Crippen molar-refractivity contribution in [2.45, 2.75) is 12.8 Å². The molecule has 4 heterocycles. The minimum absolute atomic E-state index is 0.392. The van der Waals surface area contributed by atoms with Crippen LogP contribution in [0.15, 0.2) is 77.6 Å². The van der Waals surface area contributed by atoms with Gasteiger partial charge in [-0.3, -0.25) is 4.98 Å². The predicted octanol–water partition coefficient (Wildman–Crippen LogP) is 4.78. The van der Waals surface area contributed by atoms with Crippen LogP contribution in [0.1, 0.15) is 18.4 Å². The summed E-state index contributed by atoms with van der Waals surface area (Å²) in [5.74, 6) is 2.01. The molecule has 0 radical (unpaired) electrons. The van der Waals surface area contributed by atoms with Gasteiger partial charge in [0.25, 0.3) is 0 Å². The van der Waals surface area contributed by atoms with Crippen LogP contribution in [0.2, 0.25) is 0 Å². The van der Waals surface area contributed by atoms with Gasteiger partial charge in [0, 0.05) is 31.4 Å². The Balaban J connectivity index is 1.47. The third kappa shape index (κ3) is 3.23. The van der Waals surface area contributed by atoms with Gasteiger partial charge in [0.05, 0.1) is 6.20 Å². The topological polar surface area (TPSA) is 59.5 Å². The highest BCUT2D eigenvalue weighted by atomic mass is 16.3. The third-order valence-electron chi connectivity index (χ3n) is 5.22. The average molecular weight is 383 g/mol. The highest BCUT2D eigenvalue weighted by molar-refractivity contribution is 5.81. The summed E-state index contributed by atoms with van der Waals surface area (Å²) in [7, 11) is 2.07. The summed E-state index contributed by atoms with van der Waals surface area (Å²) in [6.07, 6.45) is 5.32. The smallest absolute Gasteiger partial charge is 0.155 e. The molecule has 0 aliphatic rings. The molecule has 0 saturated carbocycles. The Kier molecular flexibility index (Phi) is 4.24. The Morgan fingerprint density at radius 3 is 2.76 bits per heavy atom. The monoisotopic (exact) mass is 383 g/mol. The molecule has 0 saturated heterocycles. The lowest BCUT2D eigenvalue weighted by molar-refractivity contribution is 0.625. The highest BCUT2D eigenvalue weighted by Gasteiger charge is 2.15. The van der Waals surface area contributed by atoms with E-state index < -0.39 is 0 Å². The Bertz CT molecular complexity index is 1240. The standard InChI is InChI=1S/C23H21N5O/c1-16(17-6-4-3-5-7-17)15-27(2)23-9-8-22-25-14-19(28(22)26-23)21-12-18-13-24-11-10-20(18)29-21/h3-14,16H,15H2,1-2H3. The minimum atomic E-state index is 0.392. The lowest BCUT2D eigenvalue weighted by Gasteiger charge is -2.22. The van der Waals surface area contributed by atoms with Crippen molar-refractivity contribution in [3.63, 3.8) is 0 Å². The predicted molar refractivity (Wildman–Crippen MR) is 114 cm³/mol. The summed E-state index contributed by atoms with van der Waals surface area (Å²) in [6, 6.07) is 18.4. The quantitative estimate of drug-likeness (QED) is 0.437. The molecule has 0 aliphatic heterocycles. The van der Waals surface area contributed by atoms with Gasteiger partial charge in [0.1, 0.15) is 17.1 Å². The molecule has 29 heavy (non-hydrogen) atoms. The number of rotatable bonds is 5. The van der Waals surface area contributed by atoms with Gasteiger partial charge >= 0.3 is 0 Å². The molecule has 1 aromatic carbocycles. The maximum Gasteiger partial charge on any atom is 0.155 e. The number of aromatic nitrogens is 4. The molecule has 0 bridgehead atoms. The Hall–Kier alpha value is -3.67. The van der Waals surface area contributed by atoms with Crippen molar-refractivity contribution >= 4 is 22.4 Å². The zero-order valence-electron chi connectivity index (χ0n) is 16.4. The van der Waals surface area contributed by atoms with Crippen LogP contribution in [-0.4, -0.2) is 33.2 Å². The van der Waals surface area contributed by atoms with Crippen molar-refractivity contribution in [1.29, 1.82) is 0 Å². The fourth-order valence-corrected chi connectivity index (χ4v) is 3.64. The number of anilines is 1. The van der Waals surface area contributed by atoms with Crippen molar-refractivity contribution in [3.8, 4) is 11.5 Å². The normalized spacial score (nSPS) is 12.5. The van der Waals surface area contributed by atoms with Crippen LogP contribution in [0.4, 0.5) is 5.82 Å². The summed E-state index contributed by atoms with van der Waals surface area (Å²) >= 11 is 0. The summed E-state index contributed by atoms with van der Waals surface area (Å²) in [5.41, 5.74) is 3.73. The third-order valence-corrected chi connectivity index (χ3v) is 5.22. The zero-order chi connectivity index (χ0) is 19.8. The van der Waals surface area contributed by atoms with Crippen LogP contribution in [0, 0.1) is 0 Å². The van der Waals surface area contributed by atoms with Gasteiger partial charge < -0.3 is 9.32 Å². The van der Waals surface area contributed by atoms with Gasteiger partial charge in [-0.05, 0) is 35.7 Å². The van der Waals surface area contributed by atoms with E-state index in [0.29, 0.717) is 5.92 Å². The molecule has 6 heteroatoms. The molecule has 6 nitrogen and oxygen atoms in total. The van der Waals surface area contributed by atoms with Gasteiger partial charge in [-0.25, -0.2) is 9.50 Å². The minimum Gasteiger partial charge on any atom is -0.454 e. The van der Waals surface area contributed by atoms with E-state index in [0.717, 1.165) is 40.4 Å². The number of furan rings is 1. The van der Waals surface area contributed by atoms with E-state index in [-0.39, 0.29) is 0 Å². The molecule has 144 valence electrons. The summed E-state index contributed by atoms with van der Waals surface area (Å²) in [6.45, 7) is 3.10. The molecule has 0 N–H and O–H groups in total. The number of nitrogens with zero attached hydrogens (tertiary/aromatic N) is 5. The van der Waals surface area contributed by atoms with Crippen molar-refractivity contribution < 1.29 is 4.42 Å². The van der Waals surface area contributed by atoms with Crippen LogP contribution in [0.3, 0.4) is 0 Å². The van der Waals surface area contributed by atoms with Crippen LogP contribution in [0.5, 0.6) is 0 Å². The molecule has 1 atom stereocenters. The molecular weight excluding hydrogens is 362 g/mol. The van der Waals surface area contributed by atoms with Crippen LogP contribution in [0.25, 0.3) is 28.1 Å². The van der Waals surface area contributed by atoms with E-state index >= 15 is 0 Å². The lowest BCUT2D eigenvalue weighted by atomic mass is 10.0. The molecule has 5 aromatic rings. The number of hydrogen-bond donors (Lipinski definition) is 0. The molecule has 0 spiro atoms. The summed E-state index contributed by atoms with van der Waals surface area (Å²) in [4.78, 5) is 10.8. The molecule has 0 aliphatic carbocycles. The van der Waals surface area contributed by atoms with Gasteiger partial charge in [0.2, 0.25) is 0 Å². The molecule has 4 aromatic heterocycles. The maximum absolute atomic E-state index is 5.99. The van der Waals surface area contributed by atoms with Crippen molar-refractivity contribution in [2.24, 2.45) is 0 Å². The maximum atomic E-state index is 5.99. The SMILES string of the molecule is CC(CN(C)c1ccc2ncc(-c3cc4cnccc4o3)n2n1)c1ccccc1. The number of likely N-dealkylation sites (N-methyl/N-ethyl adjacent to an activating group) is 1. The summed E-state index contributed by atoms with van der Waals surface area (Å²) < 4.78 is 7.83.